The molecular weight excluding hydrogens is 246 g/mol. The van der Waals surface area contributed by atoms with Gasteiger partial charge in [-0.3, -0.25) is 0 Å². The summed E-state index contributed by atoms with van der Waals surface area (Å²) < 4.78 is 5.87. The first-order valence-electron chi connectivity index (χ1n) is 6.52. The summed E-state index contributed by atoms with van der Waals surface area (Å²) in [7, 11) is 0. The van der Waals surface area contributed by atoms with Crippen LogP contribution in [0.2, 0.25) is 5.02 Å². The first kappa shape index (κ1) is 15.3. The summed E-state index contributed by atoms with van der Waals surface area (Å²) >= 11 is 6.11. The zero-order valence-electron chi connectivity index (χ0n) is 12.0. The molecule has 0 fully saturated rings. The van der Waals surface area contributed by atoms with Crippen LogP contribution in [0.5, 0.6) is 5.75 Å². The largest absolute Gasteiger partial charge is 0.488 e. The lowest BCUT2D eigenvalue weighted by atomic mass is 10.0. The third kappa shape index (κ3) is 4.87. The van der Waals surface area contributed by atoms with Crippen molar-refractivity contribution in [3.63, 3.8) is 0 Å². The number of benzene rings is 1. The Labute approximate surface area is 116 Å². The van der Waals surface area contributed by atoms with Crippen LogP contribution in [0.25, 0.3) is 0 Å². The standard InChI is InChI=1S/C15H24ClNO/c1-6-15(4,5)17-10-12(3)18-14-9-11(2)7-8-13(14)16/h7-9,12,17H,6,10H2,1-5H3. The SMILES string of the molecule is CCC(C)(C)NCC(C)Oc1cc(C)ccc1Cl. The molecule has 1 unspecified atom stereocenters. The van der Waals surface area contributed by atoms with Gasteiger partial charge in [-0.25, -0.2) is 0 Å². The Kier molecular flexibility index (Phi) is 5.48. The molecule has 3 heteroatoms. The molecule has 2 nitrogen and oxygen atoms in total. The smallest absolute Gasteiger partial charge is 0.138 e. The fraction of sp³-hybridized carbons (Fsp3) is 0.600. The van der Waals surface area contributed by atoms with Gasteiger partial charge in [-0.15, -0.1) is 0 Å². The molecule has 1 aromatic rings. The average Bonchev–Trinajstić information content (AvgIpc) is 2.31. The average molecular weight is 270 g/mol. The highest BCUT2D eigenvalue weighted by Crippen LogP contribution is 2.26. The van der Waals surface area contributed by atoms with Gasteiger partial charge >= 0.3 is 0 Å². The highest BCUT2D eigenvalue weighted by atomic mass is 35.5. The van der Waals surface area contributed by atoms with Gasteiger partial charge in [0.05, 0.1) is 5.02 Å². The Hall–Kier alpha value is -0.730. The Bertz CT molecular complexity index is 390. The van der Waals surface area contributed by atoms with E-state index in [0.29, 0.717) is 5.02 Å². The molecule has 0 aromatic heterocycles. The van der Waals surface area contributed by atoms with Crippen molar-refractivity contribution < 1.29 is 4.74 Å². The van der Waals surface area contributed by atoms with Crippen LogP contribution in [-0.2, 0) is 0 Å². The lowest BCUT2D eigenvalue weighted by molar-refractivity contribution is 0.199. The molecule has 102 valence electrons. The lowest BCUT2D eigenvalue weighted by Gasteiger charge is -2.27. The predicted octanol–water partition coefficient (Wildman–Crippen LogP) is 4.19. The fourth-order valence-corrected chi connectivity index (χ4v) is 1.67. The minimum Gasteiger partial charge on any atom is -0.488 e. The minimum absolute atomic E-state index is 0.0927. The lowest BCUT2D eigenvalue weighted by Crippen LogP contribution is -2.43. The highest BCUT2D eigenvalue weighted by Gasteiger charge is 2.16. The summed E-state index contributed by atoms with van der Waals surface area (Å²) in [4.78, 5) is 0. The molecule has 0 aliphatic rings. The molecule has 0 saturated heterocycles. The van der Waals surface area contributed by atoms with Gasteiger partial charge in [0.2, 0.25) is 0 Å². The Morgan fingerprint density at radius 1 is 1.39 bits per heavy atom. The van der Waals surface area contributed by atoms with E-state index in [4.69, 9.17) is 16.3 Å². The normalized spacial score (nSPS) is 13.4. The van der Waals surface area contributed by atoms with Crippen molar-refractivity contribution in [1.29, 1.82) is 0 Å². The molecule has 0 saturated carbocycles. The molecule has 0 amide bonds. The van der Waals surface area contributed by atoms with E-state index in [9.17, 15) is 0 Å². The predicted molar refractivity (Wildman–Crippen MR) is 78.7 cm³/mol. The maximum Gasteiger partial charge on any atom is 0.138 e. The van der Waals surface area contributed by atoms with Gasteiger partial charge in [0.25, 0.3) is 0 Å². The number of hydrogen-bond acceptors (Lipinski definition) is 2. The van der Waals surface area contributed by atoms with E-state index >= 15 is 0 Å². The zero-order chi connectivity index (χ0) is 13.8. The maximum atomic E-state index is 6.11. The third-order valence-electron chi connectivity index (χ3n) is 3.17. The number of rotatable bonds is 6. The second-order valence-electron chi connectivity index (χ2n) is 5.48. The van der Waals surface area contributed by atoms with Crippen LogP contribution in [0.15, 0.2) is 18.2 Å². The van der Waals surface area contributed by atoms with Crippen LogP contribution >= 0.6 is 11.6 Å². The topological polar surface area (TPSA) is 21.3 Å². The minimum atomic E-state index is 0.0927. The highest BCUT2D eigenvalue weighted by molar-refractivity contribution is 6.32. The van der Waals surface area contributed by atoms with Crippen LogP contribution in [0, 0.1) is 6.92 Å². The van der Waals surface area contributed by atoms with Gasteiger partial charge in [0, 0.05) is 12.1 Å². The van der Waals surface area contributed by atoms with E-state index in [2.05, 4.69) is 33.0 Å². The van der Waals surface area contributed by atoms with Crippen molar-refractivity contribution >= 4 is 11.6 Å². The second kappa shape index (κ2) is 6.44. The van der Waals surface area contributed by atoms with Crippen molar-refractivity contribution in [2.75, 3.05) is 6.54 Å². The van der Waals surface area contributed by atoms with Crippen molar-refractivity contribution in [2.24, 2.45) is 0 Å². The van der Waals surface area contributed by atoms with E-state index < -0.39 is 0 Å². The molecule has 0 heterocycles. The van der Waals surface area contributed by atoms with Crippen molar-refractivity contribution in [2.45, 2.75) is 52.7 Å². The molecular formula is C15H24ClNO. The first-order chi connectivity index (χ1) is 8.34. The molecule has 0 radical (unpaired) electrons. The monoisotopic (exact) mass is 269 g/mol. The summed E-state index contributed by atoms with van der Waals surface area (Å²) in [5.74, 6) is 0.764. The third-order valence-corrected chi connectivity index (χ3v) is 3.48. The molecule has 0 aliphatic carbocycles. The van der Waals surface area contributed by atoms with Gasteiger partial charge in [-0.2, -0.15) is 0 Å². The van der Waals surface area contributed by atoms with Crippen molar-refractivity contribution in [3.8, 4) is 5.75 Å². The number of hydrogen-bond donors (Lipinski definition) is 1. The summed E-state index contributed by atoms with van der Waals surface area (Å²) in [5.41, 5.74) is 1.30. The molecule has 1 N–H and O–H groups in total. The molecule has 0 bridgehead atoms. The van der Waals surface area contributed by atoms with E-state index in [1.165, 1.54) is 0 Å². The number of aryl methyl sites for hydroxylation is 1. The van der Waals surface area contributed by atoms with E-state index in [1.54, 1.807) is 0 Å². The van der Waals surface area contributed by atoms with Gasteiger partial charge in [-0.05, 0) is 51.8 Å². The molecule has 1 atom stereocenters. The number of halogens is 1. The maximum absolute atomic E-state index is 6.11. The molecule has 1 aromatic carbocycles. The Morgan fingerprint density at radius 3 is 2.67 bits per heavy atom. The van der Waals surface area contributed by atoms with E-state index in [-0.39, 0.29) is 11.6 Å². The zero-order valence-corrected chi connectivity index (χ0v) is 12.8. The quantitative estimate of drug-likeness (QED) is 0.836. The van der Waals surface area contributed by atoms with Gasteiger partial charge in [0.15, 0.2) is 0 Å². The Balaban J connectivity index is 2.54. The number of ether oxygens (including phenoxy) is 1. The fourth-order valence-electron chi connectivity index (χ4n) is 1.50. The Morgan fingerprint density at radius 2 is 2.06 bits per heavy atom. The van der Waals surface area contributed by atoms with Crippen LogP contribution in [0.3, 0.4) is 0 Å². The molecule has 0 spiro atoms. The van der Waals surface area contributed by atoms with Crippen LogP contribution in [0.4, 0.5) is 0 Å². The van der Waals surface area contributed by atoms with E-state index in [1.807, 2.05) is 25.1 Å². The second-order valence-corrected chi connectivity index (χ2v) is 5.89. The van der Waals surface area contributed by atoms with Crippen LogP contribution in [0.1, 0.15) is 39.7 Å². The molecule has 18 heavy (non-hydrogen) atoms. The van der Waals surface area contributed by atoms with Crippen molar-refractivity contribution in [3.05, 3.63) is 28.8 Å². The van der Waals surface area contributed by atoms with Gasteiger partial charge < -0.3 is 10.1 Å². The van der Waals surface area contributed by atoms with Gasteiger partial charge in [-0.1, -0.05) is 24.6 Å². The summed E-state index contributed by atoms with van der Waals surface area (Å²) in [5, 5.41) is 4.16. The first-order valence-corrected chi connectivity index (χ1v) is 6.89. The van der Waals surface area contributed by atoms with E-state index in [0.717, 1.165) is 24.3 Å². The summed E-state index contributed by atoms with van der Waals surface area (Å²) in [6.07, 6.45) is 1.18. The van der Waals surface area contributed by atoms with Crippen LogP contribution < -0.4 is 10.1 Å². The molecule has 1 rings (SSSR count). The van der Waals surface area contributed by atoms with Crippen LogP contribution in [-0.4, -0.2) is 18.2 Å². The van der Waals surface area contributed by atoms with Gasteiger partial charge in [0.1, 0.15) is 11.9 Å². The summed E-state index contributed by atoms with van der Waals surface area (Å²) in [6.45, 7) is 11.5. The summed E-state index contributed by atoms with van der Waals surface area (Å²) in [6, 6.07) is 5.84. The number of nitrogens with one attached hydrogen (secondary N) is 1. The van der Waals surface area contributed by atoms with Crippen molar-refractivity contribution in [1.82, 2.24) is 5.32 Å². The molecule has 0 aliphatic heterocycles.